The lowest BCUT2D eigenvalue weighted by Crippen LogP contribution is -2.27. The zero-order valence-corrected chi connectivity index (χ0v) is 5.76. The predicted octanol–water partition coefficient (Wildman–Crippen LogP) is 0.383. The van der Waals surface area contributed by atoms with Crippen LogP contribution in [0.3, 0.4) is 0 Å². The molecule has 2 heteroatoms. The maximum Gasteiger partial charge on any atom is 0.0766 e. The lowest BCUT2D eigenvalue weighted by Gasteiger charge is -2.11. The second-order valence-electron chi connectivity index (χ2n) is 3.08. The number of ether oxygens (including phenoxy) is 1. The molecule has 0 amide bonds. The van der Waals surface area contributed by atoms with Crippen molar-refractivity contribution in [2.45, 2.75) is 25.5 Å². The summed E-state index contributed by atoms with van der Waals surface area (Å²) in [7, 11) is 0. The molecule has 2 aliphatic heterocycles. The van der Waals surface area contributed by atoms with E-state index in [4.69, 9.17) is 4.74 Å². The Morgan fingerprint density at radius 2 is 2.44 bits per heavy atom. The van der Waals surface area contributed by atoms with Crippen molar-refractivity contribution in [3.8, 4) is 0 Å². The number of hydrogen-bond donors (Lipinski definition) is 1. The molecule has 0 radical (unpaired) electrons. The zero-order valence-electron chi connectivity index (χ0n) is 5.76. The van der Waals surface area contributed by atoms with Gasteiger partial charge in [-0.05, 0) is 13.3 Å². The zero-order chi connectivity index (χ0) is 6.27. The quantitative estimate of drug-likeness (QED) is 0.508. The molecular weight excluding hydrogens is 114 g/mol. The van der Waals surface area contributed by atoms with E-state index in [-0.39, 0.29) is 0 Å². The topological polar surface area (TPSA) is 21.3 Å². The van der Waals surface area contributed by atoms with Gasteiger partial charge in [0, 0.05) is 25.1 Å². The van der Waals surface area contributed by atoms with Crippen LogP contribution in [0.5, 0.6) is 0 Å². The van der Waals surface area contributed by atoms with E-state index < -0.39 is 0 Å². The van der Waals surface area contributed by atoms with Crippen molar-refractivity contribution in [3.63, 3.8) is 0 Å². The molecule has 0 aromatic rings. The first-order chi connectivity index (χ1) is 4.38. The van der Waals surface area contributed by atoms with Crippen LogP contribution in [0.4, 0.5) is 0 Å². The lowest BCUT2D eigenvalue weighted by molar-refractivity contribution is 0.0903. The molecule has 9 heavy (non-hydrogen) atoms. The van der Waals surface area contributed by atoms with Crippen LogP contribution in [-0.2, 0) is 4.74 Å². The van der Waals surface area contributed by atoms with Gasteiger partial charge in [0.25, 0.3) is 0 Å². The van der Waals surface area contributed by atoms with E-state index in [0.29, 0.717) is 12.1 Å². The minimum atomic E-state index is 0.532. The van der Waals surface area contributed by atoms with E-state index in [1.807, 2.05) is 0 Å². The highest BCUT2D eigenvalue weighted by Gasteiger charge is 2.37. The SMILES string of the molecule is CC1NCC2CCOC21. The second-order valence-corrected chi connectivity index (χ2v) is 3.08. The molecule has 2 saturated heterocycles. The summed E-state index contributed by atoms with van der Waals surface area (Å²) in [6, 6.07) is 0.595. The van der Waals surface area contributed by atoms with Gasteiger partial charge < -0.3 is 10.1 Å². The normalized spacial score (nSPS) is 49.7. The van der Waals surface area contributed by atoms with Crippen LogP contribution in [0.2, 0.25) is 0 Å². The van der Waals surface area contributed by atoms with Gasteiger partial charge in [0.05, 0.1) is 6.10 Å². The van der Waals surface area contributed by atoms with Crippen molar-refractivity contribution in [2.24, 2.45) is 5.92 Å². The van der Waals surface area contributed by atoms with Gasteiger partial charge in [-0.2, -0.15) is 0 Å². The van der Waals surface area contributed by atoms with Crippen LogP contribution >= 0.6 is 0 Å². The summed E-state index contributed by atoms with van der Waals surface area (Å²) in [4.78, 5) is 0. The van der Waals surface area contributed by atoms with Gasteiger partial charge in [-0.15, -0.1) is 0 Å². The molecule has 3 unspecified atom stereocenters. The Labute approximate surface area is 55.6 Å². The summed E-state index contributed by atoms with van der Waals surface area (Å²) >= 11 is 0. The Kier molecular flexibility index (Phi) is 1.24. The van der Waals surface area contributed by atoms with Gasteiger partial charge in [-0.25, -0.2) is 0 Å². The second kappa shape index (κ2) is 1.96. The summed E-state index contributed by atoms with van der Waals surface area (Å²) in [5, 5.41) is 3.40. The summed E-state index contributed by atoms with van der Waals surface area (Å²) in [6.45, 7) is 4.36. The van der Waals surface area contributed by atoms with E-state index in [1.54, 1.807) is 0 Å². The van der Waals surface area contributed by atoms with Gasteiger partial charge in [-0.1, -0.05) is 0 Å². The molecule has 52 valence electrons. The van der Waals surface area contributed by atoms with E-state index in [9.17, 15) is 0 Å². The smallest absolute Gasteiger partial charge is 0.0766 e. The number of hydrogen-bond acceptors (Lipinski definition) is 2. The molecule has 0 aliphatic carbocycles. The molecule has 1 N–H and O–H groups in total. The van der Waals surface area contributed by atoms with Crippen molar-refractivity contribution in [3.05, 3.63) is 0 Å². The summed E-state index contributed by atoms with van der Waals surface area (Å²) < 4.78 is 5.53. The van der Waals surface area contributed by atoms with E-state index >= 15 is 0 Å². The Balaban J connectivity index is 2.07. The predicted molar refractivity (Wildman–Crippen MR) is 35.3 cm³/mol. The van der Waals surface area contributed by atoms with Crippen LogP contribution in [0.25, 0.3) is 0 Å². The lowest BCUT2D eigenvalue weighted by atomic mass is 10.0. The van der Waals surface area contributed by atoms with Crippen LogP contribution in [0.1, 0.15) is 13.3 Å². The average Bonchev–Trinajstić information content (AvgIpc) is 2.35. The van der Waals surface area contributed by atoms with Crippen LogP contribution in [0, 0.1) is 5.92 Å². The largest absolute Gasteiger partial charge is 0.376 e. The fourth-order valence-electron chi connectivity index (χ4n) is 1.88. The maximum atomic E-state index is 5.53. The minimum absolute atomic E-state index is 0.532. The molecule has 3 atom stereocenters. The molecule has 2 fully saturated rings. The standard InChI is InChI=1S/C7H13NO/c1-5-7-6(4-8-5)2-3-9-7/h5-8H,2-4H2,1H3. The van der Waals surface area contributed by atoms with E-state index in [1.165, 1.54) is 13.0 Å². The van der Waals surface area contributed by atoms with Gasteiger partial charge in [-0.3, -0.25) is 0 Å². The van der Waals surface area contributed by atoms with Crippen molar-refractivity contribution in [1.29, 1.82) is 0 Å². The highest BCUT2D eigenvalue weighted by Crippen LogP contribution is 2.27. The Morgan fingerprint density at radius 1 is 1.56 bits per heavy atom. The molecule has 2 aliphatic rings. The monoisotopic (exact) mass is 127 g/mol. The van der Waals surface area contributed by atoms with E-state index in [0.717, 1.165) is 12.5 Å². The third kappa shape index (κ3) is 0.775. The van der Waals surface area contributed by atoms with Gasteiger partial charge in [0.15, 0.2) is 0 Å². The first-order valence-electron chi connectivity index (χ1n) is 3.73. The van der Waals surface area contributed by atoms with Crippen molar-refractivity contribution >= 4 is 0 Å². The van der Waals surface area contributed by atoms with Crippen LogP contribution in [-0.4, -0.2) is 25.3 Å². The molecule has 2 nitrogen and oxygen atoms in total. The minimum Gasteiger partial charge on any atom is -0.376 e. The maximum absolute atomic E-state index is 5.53. The van der Waals surface area contributed by atoms with Crippen molar-refractivity contribution in [2.75, 3.05) is 13.2 Å². The molecule has 0 bridgehead atoms. The van der Waals surface area contributed by atoms with Crippen LogP contribution < -0.4 is 5.32 Å². The number of fused-ring (bicyclic) bond motifs is 1. The number of rotatable bonds is 0. The summed E-state index contributed by atoms with van der Waals surface area (Å²) in [5.41, 5.74) is 0. The molecule has 0 spiro atoms. The van der Waals surface area contributed by atoms with Crippen LogP contribution in [0.15, 0.2) is 0 Å². The number of nitrogens with one attached hydrogen (secondary N) is 1. The average molecular weight is 127 g/mol. The molecular formula is C7H13NO. The highest BCUT2D eigenvalue weighted by atomic mass is 16.5. The van der Waals surface area contributed by atoms with Gasteiger partial charge in [0.1, 0.15) is 0 Å². The van der Waals surface area contributed by atoms with Gasteiger partial charge in [0.2, 0.25) is 0 Å². The molecule has 2 heterocycles. The van der Waals surface area contributed by atoms with Crippen molar-refractivity contribution in [1.82, 2.24) is 5.32 Å². The fraction of sp³-hybridized carbons (Fsp3) is 1.00. The highest BCUT2D eigenvalue weighted by molar-refractivity contribution is 4.91. The van der Waals surface area contributed by atoms with Crippen molar-refractivity contribution < 1.29 is 4.74 Å². The molecule has 0 aromatic heterocycles. The first kappa shape index (κ1) is 5.69. The molecule has 0 aromatic carbocycles. The fourth-order valence-corrected chi connectivity index (χ4v) is 1.88. The Bertz CT molecular complexity index is 115. The van der Waals surface area contributed by atoms with Gasteiger partial charge >= 0.3 is 0 Å². The molecule has 0 saturated carbocycles. The van der Waals surface area contributed by atoms with E-state index in [2.05, 4.69) is 12.2 Å². The molecule has 2 rings (SSSR count). The first-order valence-corrected chi connectivity index (χ1v) is 3.73. The summed E-state index contributed by atoms with van der Waals surface area (Å²) in [5.74, 6) is 0.819. The summed E-state index contributed by atoms with van der Waals surface area (Å²) in [6.07, 6.45) is 1.80. The Morgan fingerprint density at radius 3 is 3.22 bits per heavy atom. The Hall–Kier alpha value is -0.0800. The third-order valence-corrected chi connectivity index (χ3v) is 2.46. The third-order valence-electron chi connectivity index (χ3n) is 2.46.